The molecule has 28 heavy (non-hydrogen) atoms. The highest BCUT2D eigenvalue weighted by molar-refractivity contribution is 7.89. The fourth-order valence-corrected chi connectivity index (χ4v) is 4.72. The van der Waals surface area contributed by atoms with Gasteiger partial charge in [-0.1, -0.05) is 28.9 Å². The van der Waals surface area contributed by atoms with Gasteiger partial charge in [-0.25, -0.2) is 8.42 Å². The Kier molecular flexibility index (Phi) is 5.15. The van der Waals surface area contributed by atoms with Crippen LogP contribution in [-0.2, 0) is 16.7 Å². The van der Waals surface area contributed by atoms with Crippen LogP contribution in [0.3, 0.4) is 0 Å². The zero-order valence-corrected chi connectivity index (χ0v) is 16.5. The Morgan fingerprint density at radius 3 is 2.36 bits per heavy atom. The van der Waals surface area contributed by atoms with E-state index >= 15 is 0 Å². The monoisotopic (exact) mass is 419 g/mol. The summed E-state index contributed by atoms with van der Waals surface area (Å²) in [6, 6.07) is 13.2. The molecule has 2 aromatic carbocycles. The Morgan fingerprint density at radius 2 is 1.64 bits per heavy atom. The number of hydrogen-bond acceptors (Lipinski definition) is 6. The molecule has 1 aliphatic rings. The number of sulfonamides is 1. The zero-order valence-electron chi connectivity index (χ0n) is 14.9. The van der Waals surface area contributed by atoms with Crippen LogP contribution >= 0.6 is 11.6 Å². The highest BCUT2D eigenvalue weighted by atomic mass is 35.5. The van der Waals surface area contributed by atoms with E-state index in [1.807, 2.05) is 4.90 Å². The lowest BCUT2D eigenvalue weighted by atomic mass is 10.2. The van der Waals surface area contributed by atoms with Gasteiger partial charge in [-0.15, -0.1) is 5.10 Å². The fraction of sp³-hybridized carbons (Fsp3) is 0.278. The molecule has 0 spiro atoms. The van der Waals surface area contributed by atoms with Crippen molar-refractivity contribution in [3.05, 3.63) is 63.9 Å². The Hall–Kier alpha value is -2.33. The summed E-state index contributed by atoms with van der Waals surface area (Å²) in [7, 11) is -3.56. The number of benzene rings is 2. The average molecular weight is 420 g/mol. The molecule has 8 nitrogen and oxygen atoms in total. The van der Waals surface area contributed by atoms with Gasteiger partial charge in [0.1, 0.15) is 5.52 Å². The van der Waals surface area contributed by atoms with Crippen LogP contribution in [-0.4, -0.2) is 58.8 Å². The zero-order chi connectivity index (χ0) is 19.7. The van der Waals surface area contributed by atoms with E-state index in [-0.39, 0.29) is 17.1 Å². The minimum atomic E-state index is -3.56. The molecule has 10 heteroatoms. The van der Waals surface area contributed by atoms with E-state index in [0.29, 0.717) is 42.1 Å². The quantitative estimate of drug-likeness (QED) is 0.635. The Balaban J connectivity index is 1.45. The number of halogens is 1. The summed E-state index contributed by atoms with van der Waals surface area (Å²) >= 11 is 5.84. The third-order valence-corrected chi connectivity index (χ3v) is 6.91. The summed E-state index contributed by atoms with van der Waals surface area (Å²) < 4.78 is 28.3. The normalized spacial score (nSPS) is 16.5. The maximum Gasteiger partial charge on any atom is 0.278 e. The fourth-order valence-electron chi connectivity index (χ4n) is 3.17. The van der Waals surface area contributed by atoms with Gasteiger partial charge in [0.15, 0.2) is 0 Å². The number of piperazine rings is 1. The van der Waals surface area contributed by atoms with E-state index < -0.39 is 10.0 Å². The summed E-state index contributed by atoms with van der Waals surface area (Å²) in [5.41, 5.74) is 0.351. The van der Waals surface area contributed by atoms with Crippen molar-refractivity contribution in [3.8, 4) is 0 Å². The molecule has 1 aromatic heterocycles. The molecule has 0 aliphatic carbocycles. The van der Waals surface area contributed by atoms with Crippen molar-refractivity contribution in [3.63, 3.8) is 0 Å². The van der Waals surface area contributed by atoms with Crippen LogP contribution in [0.5, 0.6) is 0 Å². The predicted octanol–water partition coefficient (Wildman–Crippen LogP) is 1.41. The lowest BCUT2D eigenvalue weighted by molar-refractivity contribution is 0.141. The van der Waals surface area contributed by atoms with Crippen molar-refractivity contribution in [1.29, 1.82) is 0 Å². The summed E-state index contributed by atoms with van der Waals surface area (Å²) in [4.78, 5) is 14.8. The summed E-state index contributed by atoms with van der Waals surface area (Å²) in [6.45, 7) is 1.93. The van der Waals surface area contributed by atoms with Gasteiger partial charge < -0.3 is 0 Å². The molecule has 0 amide bonds. The summed E-state index contributed by atoms with van der Waals surface area (Å²) in [5, 5.41) is 9.08. The van der Waals surface area contributed by atoms with Crippen LogP contribution in [0.15, 0.2) is 58.2 Å². The van der Waals surface area contributed by atoms with Crippen LogP contribution in [0.25, 0.3) is 10.9 Å². The number of fused-ring (bicyclic) bond motifs is 1. The molecule has 1 aliphatic heterocycles. The van der Waals surface area contributed by atoms with Gasteiger partial charge in [-0.05, 0) is 36.4 Å². The molecule has 0 saturated carbocycles. The van der Waals surface area contributed by atoms with Crippen molar-refractivity contribution >= 4 is 32.5 Å². The Morgan fingerprint density at radius 1 is 0.964 bits per heavy atom. The lowest BCUT2D eigenvalue weighted by Crippen LogP contribution is -2.49. The predicted molar refractivity (Wildman–Crippen MR) is 106 cm³/mol. The van der Waals surface area contributed by atoms with Crippen molar-refractivity contribution in [2.45, 2.75) is 11.6 Å². The van der Waals surface area contributed by atoms with Gasteiger partial charge in [0.2, 0.25) is 10.0 Å². The number of nitrogens with zero attached hydrogens (tertiary/aromatic N) is 5. The first-order valence-corrected chi connectivity index (χ1v) is 10.6. The standard InChI is InChI=1S/C18H18ClN5O3S/c19-14-5-7-15(8-6-14)28(26,27)23-11-9-22(10-12-23)13-24-18(25)16-3-1-2-4-17(16)20-21-24/h1-8H,9-13H2. The molecule has 1 fully saturated rings. The highest BCUT2D eigenvalue weighted by Gasteiger charge is 2.28. The highest BCUT2D eigenvalue weighted by Crippen LogP contribution is 2.20. The van der Waals surface area contributed by atoms with Gasteiger partial charge in [-0.2, -0.15) is 8.99 Å². The van der Waals surface area contributed by atoms with E-state index in [1.165, 1.54) is 21.1 Å². The minimum Gasteiger partial charge on any atom is -0.282 e. The Bertz CT molecular complexity index is 1160. The van der Waals surface area contributed by atoms with Gasteiger partial charge in [0.25, 0.3) is 5.56 Å². The molecule has 0 bridgehead atoms. The van der Waals surface area contributed by atoms with Crippen molar-refractivity contribution in [2.24, 2.45) is 0 Å². The minimum absolute atomic E-state index is 0.207. The van der Waals surface area contributed by atoms with Crippen LogP contribution in [0.4, 0.5) is 0 Å². The smallest absolute Gasteiger partial charge is 0.278 e. The molecular weight excluding hydrogens is 402 g/mol. The number of rotatable bonds is 4. The summed E-state index contributed by atoms with van der Waals surface area (Å²) in [5.74, 6) is 0. The van der Waals surface area contributed by atoms with Gasteiger partial charge in [0, 0.05) is 31.2 Å². The topological polar surface area (TPSA) is 88.4 Å². The molecule has 4 rings (SSSR count). The lowest BCUT2D eigenvalue weighted by Gasteiger charge is -2.33. The van der Waals surface area contributed by atoms with E-state index in [2.05, 4.69) is 10.3 Å². The molecule has 0 unspecified atom stereocenters. The van der Waals surface area contributed by atoms with Gasteiger partial charge >= 0.3 is 0 Å². The van der Waals surface area contributed by atoms with Gasteiger partial charge in [-0.3, -0.25) is 9.69 Å². The van der Waals surface area contributed by atoms with E-state index in [4.69, 9.17) is 11.6 Å². The van der Waals surface area contributed by atoms with Crippen LogP contribution in [0.2, 0.25) is 5.02 Å². The van der Waals surface area contributed by atoms with Crippen molar-refractivity contribution < 1.29 is 8.42 Å². The largest absolute Gasteiger partial charge is 0.282 e. The van der Waals surface area contributed by atoms with Gasteiger partial charge in [0.05, 0.1) is 17.0 Å². The second-order valence-corrected chi connectivity index (χ2v) is 8.90. The maximum atomic E-state index is 12.8. The molecule has 1 saturated heterocycles. The molecule has 3 aromatic rings. The number of hydrogen-bond donors (Lipinski definition) is 0. The third kappa shape index (κ3) is 3.66. The van der Waals surface area contributed by atoms with Crippen LogP contribution in [0, 0.1) is 0 Å². The van der Waals surface area contributed by atoms with E-state index in [0.717, 1.165) is 0 Å². The summed E-state index contributed by atoms with van der Waals surface area (Å²) in [6.07, 6.45) is 0. The first-order valence-electron chi connectivity index (χ1n) is 8.76. The van der Waals surface area contributed by atoms with Crippen LogP contribution < -0.4 is 5.56 Å². The maximum absolute atomic E-state index is 12.8. The van der Waals surface area contributed by atoms with E-state index in [9.17, 15) is 13.2 Å². The molecule has 146 valence electrons. The van der Waals surface area contributed by atoms with Crippen molar-refractivity contribution in [2.75, 3.05) is 26.2 Å². The Labute approximate surface area is 167 Å². The second kappa shape index (κ2) is 7.59. The molecule has 2 heterocycles. The SMILES string of the molecule is O=c1c2ccccc2nnn1CN1CCN(S(=O)(=O)c2ccc(Cl)cc2)CC1. The first-order chi connectivity index (χ1) is 13.4. The number of aromatic nitrogens is 3. The molecule has 0 N–H and O–H groups in total. The third-order valence-electron chi connectivity index (χ3n) is 4.75. The van der Waals surface area contributed by atoms with Crippen molar-refractivity contribution in [1.82, 2.24) is 24.2 Å². The van der Waals surface area contributed by atoms with E-state index in [1.54, 1.807) is 36.4 Å². The molecular formula is C18H18ClN5O3S. The second-order valence-electron chi connectivity index (χ2n) is 6.53. The average Bonchev–Trinajstić information content (AvgIpc) is 2.71. The molecule has 0 radical (unpaired) electrons. The first kappa shape index (κ1) is 19.0. The van der Waals surface area contributed by atoms with Crippen LogP contribution in [0.1, 0.15) is 0 Å². The molecule has 0 atom stereocenters.